The molecule has 2 heteroatoms. The predicted octanol–water partition coefficient (Wildman–Crippen LogP) is 2.68. The van der Waals surface area contributed by atoms with Gasteiger partial charge in [0.25, 0.3) is 0 Å². The third kappa shape index (κ3) is 2.56. The Morgan fingerprint density at radius 2 is 2.12 bits per heavy atom. The van der Waals surface area contributed by atoms with Crippen molar-refractivity contribution >= 4 is 0 Å². The molecule has 0 saturated carbocycles. The van der Waals surface area contributed by atoms with Crippen molar-refractivity contribution in [2.75, 3.05) is 6.54 Å². The maximum atomic E-state index is 5.90. The summed E-state index contributed by atoms with van der Waals surface area (Å²) in [6, 6.07) is 6.49. The molecule has 16 heavy (non-hydrogen) atoms. The van der Waals surface area contributed by atoms with Crippen molar-refractivity contribution in [1.29, 1.82) is 0 Å². The number of hydrogen-bond donors (Lipinski definition) is 1. The third-order valence-corrected chi connectivity index (χ3v) is 3.25. The van der Waals surface area contributed by atoms with Gasteiger partial charge < -0.3 is 10.5 Å². The van der Waals surface area contributed by atoms with Crippen LogP contribution < -0.4 is 10.5 Å². The van der Waals surface area contributed by atoms with Gasteiger partial charge in [-0.15, -0.1) is 0 Å². The number of hydrogen-bond acceptors (Lipinski definition) is 2. The molecule has 0 bridgehead atoms. The summed E-state index contributed by atoms with van der Waals surface area (Å²) >= 11 is 0. The van der Waals surface area contributed by atoms with Crippen molar-refractivity contribution in [3.63, 3.8) is 0 Å². The molecule has 0 amide bonds. The van der Waals surface area contributed by atoms with Gasteiger partial charge in [-0.25, -0.2) is 0 Å². The molecule has 0 heterocycles. The highest BCUT2D eigenvalue weighted by molar-refractivity contribution is 5.38. The van der Waals surface area contributed by atoms with Crippen molar-refractivity contribution in [3.05, 3.63) is 29.3 Å². The molecule has 0 saturated heterocycles. The summed E-state index contributed by atoms with van der Waals surface area (Å²) in [6.07, 6.45) is 6.04. The van der Waals surface area contributed by atoms with Gasteiger partial charge in [0, 0.05) is 6.54 Å². The number of nitrogens with two attached hydrogens (primary N) is 1. The van der Waals surface area contributed by atoms with Gasteiger partial charge in [0.15, 0.2) is 0 Å². The Kier molecular flexibility index (Phi) is 3.83. The average Bonchev–Trinajstić information content (AvgIpc) is 2.75. The van der Waals surface area contributed by atoms with E-state index in [9.17, 15) is 0 Å². The molecule has 1 unspecified atom stereocenters. The summed E-state index contributed by atoms with van der Waals surface area (Å²) in [5, 5.41) is 0. The first kappa shape index (κ1) is 11.5. The van der Waals surface area contributed by atoms with Crippen LogP contribution in [-0.2, 0) is 12.8 Å². The zero-order chi connectivity index (χ0) is 11.4. The Morgan fingerprint density at radius 3 is 2.88 bits per heavy atom. The summed E-state index contributed by atoms with van der Waals surface area (Å²) in [5.74, 6) is 0.990. The number of fused-ring (bicyclic) bond motifs is 1. The number of rotatable bonds is 5. The van der Waals surface area contributed by atoms with Crippen LogP contribution in [0.25, 0.3) is 0 Å². The van der Waals surface area contributed by atoms with E-state index in [1.54, 1.807) is 0 Å². The smallest absolute Gasteiger partial charge is 0.120 e. The normalized spacial score (nSPS) is 15.9. The van der Waals surface area contributed by atoms with Gasteiger partial charge in [-0.1, -0.05) is 19.4 Å². The first-order chi connectivity index (χ1) is 7.83. The minimum Gasteiger partial charge on any atom is -0.489 e. The quantitative estimate of drug-likeness (QED) is 0.826. The molecule has 1 atom stereocenters. The van der Waals surface area contributed by atoms with E-state index >= 15 is 0 Å². The van der Waals surface area contributed by atoms with Crippen LogP contribution in [0.3, 0.4) is 0 Å². The fourth-order valence-electron chi connectivity index (χ4n) is 2.36. The van der Waals surface area contributed by atoms with Crippen molar-refractivity contribution < 1.29 is 4.74 Å². The first-order valence-corrected chi connectivity index (χ1v) is 6.32. The molecule has 1 aliphatic rings. The monoisotopic (exact) mass is 219 g/mol. The second kappa shape index (κ2) is 5.35. The molecule has 0 radical (unpaired) electrons. The van der Waals surface area contributed by atoms with Crippen LogP contribution in [0, 0.1) is 0 Å². The number of ether oxygens (including phenoxy) is 1. The van der Waals surface area contributed by atoms with Gasteiger partial charge in [-0.05, 0) is 48.9 Å². The molecule has 2 nitrogen and oxygen atoms in total. The van der Waals surface area contributed by atoms with E-state index in [4.69, 9.17) is 10.5 Å². The highest BCUT2D eigenvalue weighted by atomic mass is 16.5. The second-order valence-corrected chi connectivity index (χ2v) is 4.55. The molecule has 88 valence electrons. The molecular weight excluding hydrogens is 198 g/mol. The van der Waals surface area contributed by atoms with E-state index < -0.39 is 0 Å². The fourth-order valence-corrected chi connectivity index (χ4v) is 2.36. The van der Waals surface area contributed by atoms with Crippen molar-refractivity contribution in [2.45, 2.75) is 45.1 Å². The maximum absolute atomic E-state index is 5.90. The van der Waals surface area contributed by atoms with E-state index in [0.29, 0.717) is 6.54 Å². The molecule has 0 aromatic heterocycles. The van der Waals surface area contributed by atoms with Crippen LogP contribution in [0.1, 0.15) is 37.3 Å². The lowest BCUT2D eigenvalue weighted by molar-refractivity contribution is 0.198. The van der Waals surface area contributed by atoms with Crippen LogP contribution in [0.4, 0.5) is 0 Å². The molecule has 1 aromatic rings. The van der Waals surface area contributed by atoms with Gasteiger partial charge in [-0.3, -0.25) is 0 Å². The van der Waals surface area contributed by atoms with Crippen molar-refractivity contribution in [2.24, 2.45) is 5.73 Å². The Morgan fingerprint density at radius 1 is 1.31 bits per heavy atom. The van der Waals surface area contributed by atoms with Gasteiger partial charge in [0.05, 0.1) is 0 Å². The molecule has 0 aliphatic heterocycles. The second-order valence-electron chi connectivity index (χ2n) is 4.55. The molecule has 1 aliphatic carbocycles. The minimum absolute atomic E-state index is 0.171. The van der Waals surface area contributed by atoms with Gasteiger partial charge in [-0.2, -0.15) is 0 Å². The lowest BCUT2D eigenvalue weighted by Gasteiger charge is -2.17. The van der Waals surface area contributed by atoms with Gasteiger partial charge in [0.1, 0.15) is 11.9 Å². The fraction of sp³-hybridized carbons (Fsp3) is 0.571. The lowest BCUT2D eigenvalue weighted by atomic mass is 10.1. The SMILES string of the molecule is CCCC(CN)Oc1ccc2c(c1)CCC2. The van der Waals surface area contributed by atoms with E-state index in [-0.39, 0.29) is 6.10 Å². The molecular formula is C14H21NO. The van der Waals surface area contributed by atoms with Gasteiger partial charge >= 0.3 is 0 Å². The number of benzene rings is 1. The topological polar surface area (TPSA) is 35.2 Å². The molecule has 2 N–H and O–H groups in total. The van der Waals surface area contributed by atoms with Crippen LogP contribution in [0.5, 0.6) is 5.75 Å². The Balaban J connectivity index is 2.04. The van der Waals surface area contributed by atoms with E-state index in [1.807, 2.05) is 0 Å². The Hall–Kier alpha value is -1.02. The van der Waals surface area contributed by atoms with E-state index in [1.165, 1.54) is 30.4 Å². The van der Waals surface area contributed by atoms with Gasteiger partial charge in [0.2, 0.25) is 0 Å². The highest BCUT2D eigenvalue weighted by Crippen LogP contribution is 2.26. The maximum Gasteiger partial charge on any atom is 0.120 e. The average molecular weight is 219 g/mol. The third-order valence-electron chi connectivity index (χ3n) is 3.25. The summed E-state index contributed by atoms with van der Waals surface area (Å²) < 4.78 is 5.90. The largest absolute Gasteiger partial charge is 0.489 e. The molecule has 2 rings (SSSR count). The van der Waals surface area contributed by atoms with Crippen molar-refractivity contribution in [1.82, 2.24) is 0 Å². The predicted molar refractivity (Wildman–Crippen MR) is 66.8 cm³/mol. The van der Waals surface area contributed by atoms with E-state index in [2.05, 4.69) is 25.1 Å². The van der Waals surface area contributed by atoms with E-state index in [0.717, 1.165) is 18.6 Å². The van der Waals surface area contributed by atoms with Crippen LogP contribution in [0.2, 0.25) is 0 Å². The van der Waals surface area contributed by atoms with Crippen LogP contribution in [0.15, 0.2) is 18.2 Å². The minimum atomic E-state index is 0.171. The summed E-state index contributed by atoms with van der Waals surface area (Å²) in [6.45, 7) is 2.76. The molecule has 0 spiro atoms. The molecule has 1 aromatic carbocycles. The molecule has 0 fully saturated rings. The van der Waals surface area contributed by atoms with Crippen LogP contribution in [-0.4, -0.2) is 12.6 Å². The zero-order valence-electron chi connectivity index (χ0n) is 10.0. The first-order valence-electron chi connectivity index (χ1n) is 6.32. The van der Waals surface area contributed by atoms with Crippen molar-refractivity contribution in [3.8, 4) is 5.75 Å². The lowest BCUT2D eigenvalue weighted by Crippen LogP contribution is -2.26. The Bertz CT molecular complexity index is 349. The zero-order valence-corrected chi connectivity index (χ0v) is 10.0. The standard InChI is InChI=1S/C14H21NO/c1-2-4-14(10-15)16-13-8-7-11-5-3-6-12(11)9-13/h7-9,14H,2-6,10,15H2,1H3. The summed E-state index contributed by atoms with van der Waals surface area (Å²) in [7, 11) is 0. The highest BCUT2D eigenvalue weighted by Gasteiger charge is 2.13. The Labute approximate surface area is 97.8 Å². The summed E-state index contributed by atoms with van der Waals surface area (Å²) in [4.78, 5) is 0. The number of aryl methyl sites for hydroxylation is 2. The van der Waals surface area contributed by atoms with Crippen LogP contribution >= 0.6 is 0 Å². The summed E-state index contributed by atoms with van der Waals surface area (Å²) in [5.41, 5.74) is 8.65.